The van der Waals surface area contributed by atoms with Crippen LogP contribution in [0.3, 0.4) is 0 Å². The largest absolute Gasteiger partial charge is 0.493 e. The molecular weight excluding hydrogens is 530 g/mol. The van der Waals surface area contributed by atoms with Crippen molar-refractivity contribution in [1.82, 2.24) is 15.6 Å². The molecule has 0 spiro atoms. The number of amides is 1. The molecule has 1 heterocycles. The summed E-state index contributed by atoms with van der Waals surface area (Å²) in [4.78, 5) is 17.0. The van der Waals surface area contributed by atoms with Crippen LogP contribution in [0, 0.1) is 5.82 Å². The van der Waals surface area contributed by atoms with Gasteiger partial charge in [0.1, 0.15) is 5.82 Å². The predicted molar refractivity (Wildman–Crippen MR) is 141 cm³/mol. The van der Waals surface area contributed by atoms with Gasteiger partial charge in [0, 0.05) is 16.7 Å². The number of hydrogen-bond donors (Lipinski definition) is 3. The van der Waals surface area contributed by atoms with E-state index in [-0.39, 0.29) is 23.1 Å². The molecule has 0 bridgehead atoms. The molecule has 0 radical (unpaired) electrons. The van der Waals surface area contributed by atoms with Crippen LogP contribution >= 0.6 is 0 Å². The Labute approximate surface area is 229 Å². The molecule has 40 heavy (non-hydrogen) atoms. The summed E-state index contributed by atoms with van der Waals surface area (Å²) in [6, 6.07) is 12.1. The third-order valence-corrected chi connectivity index (χ3v) is 6.95. The van der Waals surface area contributed by atoms with Gasteiger partial charge >= 0.3 is 6.18 Å². The SMILES string of the molecule is CNC(C)(C)c1cc(-c2ccc(F)cc2)nc(C(O)(CNC(=O)c2ccc(OC3CC3)c(OC)c2)C(F)(F)F)c1. The summed E-state index contributed by atoms with van der Waals surface area (Å²) >= 11 is 0. The number of ether oxygens (including phenoxy) is 2. The first-order valence-electron chi connectivity index (χ1n) is 12.7. The predicted octanol–water partition coefficient (Wildman–Crippen LogP) is 5.07. The van der Waals surface area contributed by atoms with Crippen LogP contribution in [0.5, 0.6) is 11.5 Å². The third-order valence-electron chi connectivity index (χ3n) is 6.95. The number of hydrogen-bond acceptors (Lipinski definition) is 6. The van der Waals surface area contributed by atoms with Gasteiger partial charge in [0.05, 0.1) is 31.1 Å². The van der Waals surface area contributed by atoms with Gasteiger partial charge in [0.15, 0.2) is 11.5 Å². The van der Waals surface area contributed by atoms with Gasteiger partial charge in [-0.3, -0.25) is 4.79 Å². The fourth-order valence-corrected chi connectivity index (χ4v) is 3.93. The molecule has 2 aromatic carbocycles. The van der Waals surface area contributed by atoms with Gasteiger partial charge in [0.25, 0.3) is 5.91 Å². The molecule has 7 nitrogen and oxygen atoms in total. The van der Waals surface area contributed by atoms with E-state index < -0.39 is 41.3 Å². The van der Waals surface area contributed by atoms with Crippen LogP contribution in [-0.4, -0.2) is 49.0 Å². The van der Waals surface area contributed by atoms with Crippen LogP contribution in [0.1, 0.15) is 48.3 Å². The van der Waals surface area contributed by atoms with E-state index in [1.165, 1.54) is 37.4 Å². The number of carbonyl (C=O) groups is 1. The number of nitrogens with zero attached hydrogens (tertiary/aromatic N) is 1. The molecule has 3 aromatic rings. The van der Waals surface area contributed by atoms with Gasteiger partial charge in [-0.25, -0.2) is 9.37 Å². The van der Waals surface area contributed by atoms with E-state index in [1.807, 2.05) is 0 Å². The highest BCUT2D eigenvalue weighted by molar-refractivity contribution is 5.95. The first-order chi connectivity index (χ1) is 18.8. The summed E-state index contributed by atoms with van der Waals surface area (Å²) in [5, 5.41) is 16.3. The molecular formula is C29H31F4N3O4. The molecule has 214 valence electrons. The zero-order valence-corrected chi connectivity index (χ0v) is 22.5. The second-order valence-electron chi connectivity index (χ2n) is 10.2. The second kappa shape index (κ2) is 11.1. The molecule has 1 unspecified atom stereocenters. The zero-order chi connectivity index (χ0) is 29.3. The highest BCUT2D eigenvalue weighted by atomic mass is 19.4. The van der Waals surface area contributed by atoms with Crippen molar-refractivity contribution in [2.75, 3.05) is 20.7 Å². The van der Waals surface area contributed by atoms with Crippen molar-refractivity contribution < 1.29 is 36.9 Å². The Balaban J connectivity index is 1.69. The minimum atomic E-state index is -5.21. The Bertz CT molecular complexity index is 1370. The van der Waals surface area contributed by atoms with E-state index in [9.17, 15) is 27.5 Å². The Morgan fingerprint density at radius 2 is 1.73 bits per heavy atom. The highest BCUT2D eigenvalue weighted by Crippen LogP contribution is 2.40. The monoisotopic (exact) mass is 561 g/mol. The normalized spacial score (nSPS) is 15.3. The van der Waals surface area contributed by atoms with Crippen molar-refractivity contribution in [2.45, 2.75) is 50.1 Å². The van der Waals surface area contributed by atoms with Crippen molar-refractivity contribution in [2.24, 2.45) is 0 Å². The molecule has 1 atom stereocenters. The summed E-state index contributed by atoms with van der Waals surface area (Å²) in [7, 11) is 3.03. The summed E-state index contributed by atoms with van der Waals surface area (Å²) in [6.07, 6.45) is -3.32. The minimum Gasteiger partial charge on any atom is -0.493 e. The van der Waals surface area contributed by atoms with Crippen LogP contribution < -0.4 is 20.1 Å². The number of aliphatic hydroxyl groups is 1. The van der Waals surface area contributed by atoms with E-state index in [0.717, 1.165) is 31.0 Å². The standard InChI is InChI=1S/C29H31F4N3O4/c1-27(2,34-3)19-14-22(17-5-8-20(30)9-6-17)36-25(15-19)28(38,29(31,32)33)16-35-26(37)18-7-12-23(24(13-18)39-4)40-21-10-11-21/h5-9,12-15,21,34,38H,10-11,16H2,1-4H3,(H,35,37). The maximum absolute atomic E-state index is 14.5. The Morgan fingerprint density at radius 3 is 2.30 bits per heavy atom. The number of alkyl halides is 3. The molecule has 1 aliphatic rings. The Kier molecular flexibility index (Phi) is 8.09. The van der Waals surface area contributed by atoms with Crippen LogP contribution in [0.15, 0.2) is 54.6 Å². The lowest BCUT2D eigenvalue weighted by Gasteiger charge is -2.33. The second-order valence-corrected chi connectivity index (χ2v) is 10.2. The molecule has 1 amide bonds. The van der Waals surface area contributed by atoms with Gasteiger partial charge in [0.2, 0.25) is 5.60 Å². The number of pyridine rings is 1. The van der Waals surface area contributed by atoms with Crippen LogP contribution in [0.4, 0.5) is 17.6 Å². The molecule has 1 aromatic heterocycles. The Hall–Kier alpha value is -3.70. The maximum Gasteiger partial charge on any atom is 0.424 e. The summed E-state index contributed by atoms with van der Waals surface area (Å²) < 4.78 is 68.0. The molecule has 1 saturated carbocycles. The number of methoxy groups -OCH3 is 1. The van der Waals surface area contributed by atoms with Gasteiger partial charge in [-0.05, 0) is 93.9 Å². The van der Waals surface area contributed by atoms with Gasteiger partial charge in [-0.15, -0.1) is 0 Å². The summed E-state index contributed by atoms with van der Waals surface area (Å²) in [6.45, 7) is 2.29. The molecule has 0 saturated heterocycles. The molecule has 4 rings (SSSR count). The Morgan fingerprint density at radius 1 is 1.05 bits per heavy atom. The number of halogens is 4. The van der Waals surface area contributed by atoms with Crippen molar-refractivity contribution in [1.29, 1.82) is 0 Å². The minimum absolute atomic E-state index is 0.0227. The molecule has 0 aliphatic heterocycles. The smallest absolute Gasteiger partial charge is 0.424 e. The first kappa shape index (κ1) is 29.3. The van der Waals surface area contributed by atoms with E-state index in [4.69, 9.17) is 9.47 Å². The summed E-state index contributed by atoms with van der Waals surface area (Å²) in [5.74, 6) is -0.688. The van der Waals surface area contributed by atoms with E-state index in [1.54, 1.807) is 27.0 Å². The average Bonchev–Trinajstić information content (AvgIpc) is 3.75. The fourth-order valence-electron chi connectivity index (χ4n) is 3.93. The fraction of sp³-hybridized carbons (Fsp3) is 0.379. The molecule has 1 aliphatic carbocycles. The van der Waals surface area contributed by atoms with Crippen molar-refractivity contribution in [3.8, 4) is 22.8 Å². The van der Waals surface area contributed by atoms with Gasteiger partial charge in [-0.1, -0.05) is 0 Å². The lowest BCUT2D eigenvalue weighted by molar-refractivity contribution is -0.265. The van der Waals surface area contributed by atoms with Crippen LogP contribution in [0.25, 0.3) is 11.3 Å². The van der Waals surface area contributed by atoms with E-state index in [0.29, 0.717) is 16.9 Å². The number of carbonyl (C=O) groups excluding carboxylic acids is 1. The molecule has 1 fully saturated rings. The first-order valence-corrected chi connectivity index (χ1v) is 12.7. The lowest BCUT2D eigenvalue weighted by Crippen LogP contribution is -2.51. The van der Waals surface area contributed by atoms with Crippen molar-refractivity contribution in [3.63, 3.8) is 0 Å². The highest BCUT2D eigenvalue weighted by Gasteiger charge is 2.56. The quantitative estimate of drug-likeness (QED) is 0.300. The number of rotatable bonds is 10. The van der Waals surface area contributed by atoms with E-state index in [2.05, 4.69) is 15.6 Å². The summed E-state index contributed by atoms with van der Waals surface area (Å²) in [5.41, 5.74) is -4.21. The number of aromatic nitrogens is 1. The zero-order valence-electron chi connectivity index (χ0n) is 22.5. The molecule has 3 N–H and O–H groups in total. The molecule has 11 heteroatoms. The van der Waals surface area contributed by atoms with Gasteiger partial charge < -0.3 is 25.2 Å². The van der Waals surface area contributed by atoms with Crippen molar-refractivity contribution in [3.05, 3.63) is 77.2 Å². The van der Waals surface area contributed by atoms with Crippen LogP contribution in [0.2, 0.25) is 0 Å². The number of nitrogens with one attached hydrogen (secondary N) is 2. The van der Waals surface area contributed by atoms with E-state index >= 15 is 0 Å². The topological polar surface area (TPSA) is 92.7 Å². The van der Waals surface area contributed by atoms with Crippen molar-refractivity contribution >= 4 is 5.91 Å². The maximum atomic E-state index is 14.5. The van der Waals surface area contributed by atoms with Gasteiger partial charge in [-0.2, -0.15) is 13.2 Å². The average molecular weight is 562 g/mol. The number of benzene rings is 2. The third kappa shape index (κ3) is 6.20. The van der Waals surface area contributed by atoms with Crippen LogP contribution in [-0.2, 0) is 11.1 Å². The lowest BCUT2D eigenvalue weighted by atomic mass is 9.89.